The lowest BCUT2D eigenvalue weighted by molar-refractivity contribution is -0.119. The van der Waals surface area contributed by atoms with Crippen molar-refractivity contribution in [3.05, 3.63) is 65.2 Å². The number of likely N-dealkylation sites (tertiary alicyclic amines) is 1. The van der Waals surface area contributed by atoms with E-state index in [2.05, 4.69) is 29.1 Å². The van der Waals surface area contributed by atoms with Gasteiger partial charge in [-0.05, 0) is 35.1 Å². The summed E-state index contributed by atoms with van der Waals surface area (Å²) in [5, 5.41) is 0. The van der Waals surface area contributed by atoms with Crippen LogP contribution in [0.3, 0.4) is 0 Å². The summed E-state index contributed by atoms with van der Waals surface area (Å²) in [6.07, 6.45) is 1.62. The van der Waals surface area contributed by atoms with Gasteiger partial charge in [-0.25, -0.2) is 4.79 Å². The highest BCUT2D eigenvalue weighted by Crippen LogP contribution is 2.44. The number of benzene rings is 2. The molecule has 1 amide bonds. The number of carbonyl (C=O) groups excluding carboxylic acids is 2. The molecule has 1 aliphatic carbocycles. The van der Waals surface area contributed by atoms with Crippen LogP contribution in [-0.4, -0.2) is 47.0 Å². The van der Waals surface area contributed by atoms with Gasteiger partial charge in [0.15, 0.2) is 0 Å². The molecule has 1 fully saturated rings. The molecule has 6 nitrogen and oxygen atoms in total. The molecule has 0 saturated carbocycles. The molecule has 0 spiro atoms. The highest BCUT2D eigenvalue weighted by molar-refractivity contribution is 6.28. The van der Waals surface area contributed by atoms with Crippen LogP contribution in [0.25, 0.3) is 16.7 Å². The zero-order chi connectivity index (χ0) is 18.8. The van der Waals surface area contributed by atoms with Crippen LogP contribution in [0.2, 0.25) is 0 Å². The summed E-state index contributed by atoms with van der Waals surface area (Å²) in [6, 6.07) is 15.7. The number of hydrogen-bond acceptors (Lipinski definition) is 3. The first-order valence-corrected chi connectivity index (χ1v) is 9.03. The van der Waals surface area contributed by atoms with Gasteiger partial charge < -0.3 is 10.3 Å². The molecule has 1 atom stereocenters. The Labute approximate surface area is 157 Å². The van der Waals surface area contributed by atoms with Crippen molar-refractivity contribution in [2.24, 2.45) is 0 Å². The van der Waals surface area contributed by atoms with Gasteiger partial charge in [-0.15, -0.1) is 0 Å². The van der Waals surface area contributed by atoms with Crippen molar-refractivity contribution < 1.29 is 19.1 Å². The minimum Gasteiger partial charge on any atom is -0.448 e. The van der Waals surface area contributed by atoms with Crippen LogP contribution in [0.1, 0.15) is 29.9 Å². The third-order valence-corrected chi connectivity index (χ3v) is 5.34. The third-order valence-electron chi connectivity index (χ3n) is 5.34. The number of ketones is 1. The molecule has 2 aliphatic rings. The number of amides is 1. The molecular formula is C21H19N3O3. The molecule has 4 rings (SSSR count). The second-order valence-corrected chi connectivity index (χ2v) is 6.80. The van der Waals surface area contributed by atoms with Gasteiger partial charge in [-0.2, -0.15) is 4.79 Å². The molecule has 0 N–H and O–H groups in total. The van der Waals surface area contributed by atoms with Crippen LogP contribution < -0.4 is 0 Å². The Morgan fingerprint density at radius 1 is 1.11 bits per heavy atom. The van der Waals surface area contributed by atoms with E-state index in [9.17, 15) is 9.59 Å². The van der Waals surface area contributed by atoms with E-state index >= 15 is 0 Å². The van der Waals surface area contributed by atoms with Crippen molar-refractivity contribution >= 4 is 18.1 Å². The third kappa shape index (κ3) is 3.04. The maximum Gasteiger partial charge on any atom is 0.410 e. The van der Waals surface area contributed by atoms with Crippen LogP contribution >= 0.6 is 0 Å². The lowest BCUT2D eigenvalue weighted by atomic mass is 9.98. The first-order chi connectivity index (χ1) is 13.2. The summed E-state index contributed by atoms with van der Waals surface area (Å²) in [5.74, 6) is -0.402. The van der Waals surface area contributed by atoms with Gasteiger partial charge in [0.2, 0.25) is 0 Å². The zero-order valence-corrected chi connectivity index (χ0v) is 14.7. The highest BCUT2D eigenvalue weighted by Gasteiger charge is 2.37. The fraction of sp³-hybridized carbons (Fsp3) is 0.286. The number of fused-ring (bicyclic) bond motifs is 3. The Morgan fingerprint density at radius 2 is 1.74 bits per heavy atom. The Hall–Kier alpha value is -3.24. The van der Waals surface area contributed by atoms with E-state index in [-0.39, 0.29) is 18.3 Å². The molecule has 2 aromatic carbocycles. The number of carbonyl (C=O) groups is 2. The molecule has 1 heterocycles. The summed E-state index contributed by atoms with van der Waals surface area (Å²) in [6.45, 7) is 0.685. The highest BCUT2D eigenvalue weighted by atomic mass is 16.6. The zero-order valence-electron chi connectivity index (χ0n) is 14.7. The first-order valence-electron chi connectivity index (χ1n) is 9.03. The first kappa shape index (κ1) is 17.2. The largest absolute Gasteiger partial charge is 0.448 e. The average Bonchev–Trinajstić information content (AvgIpc) is 3.30. The fourth-order valence-electron chi connectivity index (χ4n) is 4.10. The van der Waals surface area contributed by atoms with E-state index in [1.165, 1.54) is 16.0 Å². The lowest BCUT2D eigenvalue weighted by Crippen LogP contribution is -2.41. The van der Waals surface area contributed by atoms with Gasteiger partial charge in [0.1, 0.15) is 12.6 Å². The molecule has 27 heavy (non-hydrogen) atoms. The number of hydrogen-bond donors (Lipinski definition) is 0. The number of rotatable bonds is 4. The molecule has 6 heteroatoms. The van der Waals surface area contributed by atoms with E-state index in [4.69, 9.17) is 10.3 Å². The second kappa shape index (κ2) is 7.17. The number of ether oxygens (including phenoxy) is 1. The molecule has 136 valence electrons. The Morgan fingerprint density at radius 3 is 2.37 bits per heavy atom. The van der Waals surface area contributed by atoms with E-state index < -0.39 is 12.1 Å². The van der Waals surface area contributed by atoms with Gasteiger partial charge in [0.25, 0.3) is 5.78 Å². The van der Waals surface area contributed by atoms with Gasteiger partial charge in [0, 0.05) is 12.5 Å². The van der Waals surface area contributed by atoms with Crippen LogP contribution in [0.5, 0.6) is 0 Å². The summed E-state index contributed by atoms with van der Waals surface area (Å²) >= 11 is 0. The van der Waals surface area contributed by atoms with Crippen molar-refractivity contribution in [1.82, 2.24) is 4.90 Å². The van der Waals surface area contributed by atoms with Gasteiger partial charge >= 0.3 is 12.3 Å². The Balaban J connectivity index is 1.51. The predicted molar refractivity (Wildman–Crippen MR) is 99.5 cm³/mol. The summed E-state index contributed by atoms with van der Waals surface area (Å²) in [5.41, 5.74) is 13.2. The molecule has 2 aromatic rings. The lowest BCUT2D eigenvalue weighted by Gasteiger charge is -2.22. The molecule has 1 saturated heterocycles. The summed E-state index contributed by atoms with van der Waals surface area (Å²) in [4.78, 5) is 28.8. The minimum atomic E-state index is -0.614. The van der Waals surface area contributed by atoms with Crippen LogP contribution in [0.15, 0.2) is 48.5 Å². The van der Waals surface area contributed by atoms with Crippen molar-refractivity contribution in [3.8, 4) is 11.1 Å². The molecule has 0 bridgehead atoms. The Kier molecular flexibility index (Phi) is 4.57. The van der Waals surface area contributed by atoms with Crippen molar-refractivity contribution in [2.75, 3.05) is 13.2 Å². The van der Waals surface area contributed by atoms with E-state index in [0.29, 0.717) is 13.0 Å². The van der Waals surface area contributed by atoms with E-state index in [1.54, 1.807) is 0 Å². The normalized spacial score (nSPS) is 17.8. The van der Waals surface area contributed by atoms with E-state index in [0.717, 1.165) is 23.8 Å². The maximum absolute atomic E-state index is 12.6. The summed E-state index contributed by atoms with van der Waals surface area (Å²) in [7, 11) is 0. The number of nitrogens with zero attached hydrogens (tertiary/aromatic N) is 3. The van der Waals surface area contributed by atoms with Gasteiger partial charge in [-0.1, -0.05) is 48.5 Å². The van der Waals surface area contributed by atoms with Crippen molar-refractivity contribution in [2.45, 2.75) is 24.8 Å². The minimum absolute atomic E-state index is 0.0166. The van der Waals surface area contributed by atoms with E-state index in [1.807, 2.05) is 24.3 Å². The molecule has 1 aliphatic heterocycles. The fourth-order valence-corrected chi connectivity index (χ4v) is 4.10. The monoisotopic (exact) mass is 361 g/mol. The smallest absolute Gasteiger partial charge is 0.410 e. The number of Topliss-reactive ketones (excluding diaryl/α,β-unsaturated/α-hetero) is 1. The quantitative estimate of drug-likeness (QED) is 0.476. The Bertz CT molecular complexity index is 904. The van der Waals surface area contributed by atoms with Crippen molar-refractivity contribution in [1.29, 1.82) is 0 Å². The molecule has 1 unspecified atom stereocenters. The predicted octanol–water partition coefficient (Wildman–Crippen LogP) is 3.27. The van der Waals surface area contributed by atoms with Crippen LogP contribution in [0, 0.1) is 0 Å². The van der Waals surface area contributed by atoms with Gasteiger partial charge in [-0.3, -0.25) is 9.69 Å². The van der Waals surface area contributed by atoms with Crippen molar-refractivity contribution in [3.63, 3.8) is 0 Å². The standard InChI is InChI=1S/C21H19N3O3/c22-23-12-20(25)19-10-5-11-24(19)21(26)27-13-18-16-8-3-1-6-14(16)15-7-2-4-9-17(15)18/h1-4,6-9,12,18-19H,5,10-11,13H2. The molecule has 0 aromatic heterocycles. The topological polar surface area (TPSA) is 83.0 Å². The SMILES string of the molecule is [N-]=[N+]=CC(=O)C1CCCN1C(=O)OCC1c2ccccc2-c2ccccc21. The molecular weight excluding hydrogens is 342 g/mol. The second-order valence-electron chi connectivity index (χ2n) is 6.80. The summed E-state index contributed by atoms with van der Waals surface area (Å²) < 4.78 is 5.61. The van der Waals surface area contributed by atoms with Gasteiger partial charge in [0.05, 0.1) is 0 Å². The molecule has 0 radical (unpaired) electrons. The van der Waals surface area contributed by atoms with Crippen LogP contribution in [0.4, 0.5) is 4.79 Å². The average molecular weight is 361 g/mol. The maximum atomic E-state index is 12.6. The van der Waals surface area contributed by atoms with Crippen LogP contribution in [-0.2, 0) is 9.53 Å².